The third-order valence-corrected chi connectivity index (χ3v) is 4.96. The monoisotopic (exact) mass is 380 g/mol. The van der Waals surface area contributed by atoms with E-state index in [1.54, 1.807) is 0 Å². The first-order valence-corrected chi connectivity index (χ1v) is 9.15. The summed E-state index contributed by atoms with van der Waals surface area (Å²) in [6.45, 7) is 4.77. The van der Waals surface area contributed by atoms with Crippen molar-refractivity contribution in [2.45, 2.75) is 46.0 Å². The summed E-state index contributed by atoms with van der Waals surface area (Å²) in [6.07, 6.45) is 4.12. The van der Waals surface area contributed by atoms with Crippen LogP contribution in [-0.4, -0.2) is 18.4 Å². The highest BCUT2D eigenvalue weighted by Crippen LogP contribution is 2.30. The molecule has 1 aliphatic rings. The van der Waals surface area contributed by atoms with Crippen LogP contribution >= 0.6 is 15.9 Å². The van der Waals surface area contributed by atoms with Crippen molar-refractivity contribution in [3.63, 3.8) is 0 Å². The van der Waals surface area contributed by atoms with Gasteiger partial charge in [-0.3, -0.25) is 9.59 Å². The Labute approximate surface area is 146 Å². The molecule has 126 valence electrons. The average molecular weight is 381 g/mol. The van der Waals surface area contributed by atoms with Crippen LogP contribution in [0.15, 0.2) is 22.7 Å². The second-order valence-corrected chi connectivity index (χ2v) is 7.20. The fourth-order valence-electron chi connectivity index (χ4n) is 3.01. The quantitative estimate of drug-likeness (QED) is 0.809. The summed E-state index contributed by atoms with van der Waals surface area (Å²) in [7, 11) is 0. The molecule has 0 aromatic heterocycles. The van der Waals surface area contributed by atoms with Crippen molar-refractivity contribution in [1.82, 2.24) is 5.32 Å². The van der Waals surface area contributed by atoms with Crippen molar-refractivity contribution in [2.24, 2.45) is 11.8 Å². The Morgan fingerprint density at radius 1 is 1.13 bits per heavy atom. The second kappa shape index (κ2) is 8.48. The van der Waals surface area contributed by atoms with Crippen LogP contribution in [-0.2, 0) is 9.59 Å². The van der Waals surface area contributed by atoms with Gasteiger partial charge in [0.25, 0.3) is 0 Å². The zero-order chi connectivity index (χ0) is 16.8. The number of nitrogens with one attached hydrogen (secondary N) is 2. The summed E-state index contributed by atoms with van der Waals surface area (Å²) < 4.78 is 1.01. The molecular weight excluding hydrogens is 356 g/mol. The molecule has 5 heteroatoms. The summed E-state index contributed by atoms with van der Waals surface area (Å²) in [4.78, 5) is 24.4. The molecule has 4 nitrogen and oxygen atoms in total. The highest BCUT2D eigenvalue weighted by atomic mass is 79.9. The van der Waals surface area contributed by atoms with E-state index in [0.717, 1.165) is 54.4 Å². The molecule has 0 bridgehead atoms. The van der Waals surface area contributed by atoms with Crippen molar-refractivity contribution in [1.29, 1.82) is 0 Å². The maximum atomic E-state index is 12.4. The van der Waals surface area contributed by atoms with E-state index >= 15 is 0 Å². The number of anilines is 1. The van der Waals surface area contributed by atoms with Gasteiger partial charge in [0.15, 0.2) is 0 Å². The maximum absolute atomic E-state index is 12.4. The number of hydrogen-bond donors (Lipinski definition) is 2. The largest absolute Gasteiger partial charge is 0.356 e. The van der Waals surface area contributed by atoms with Crippen molar-refractivity contribution in [3.8, 4) is 0 Å². The van der Waals surface area contributed by atoms with Gasteiger partial charge in [-0.25, -0.2) is 0 Å². The molecule has 0 atom stereocenters. The Morgan fingerprint density at radius 2 is 1.74 bits per heavy atom. The van der Waals surface area contributed by atoms with Gasteiger partial charge < -0.3 is 10.6 Å². The van der Waals surface area contributed by atoms with E-state index in [4.69, 9.17) is 0 Å². The fourth-order valence-corrected chi connectivity index (χ4v) is 3.49. The molecular formula is C18H25BrN2O2. The number of carbonyl (C=O) groups is 2. The molecule has 1 fully saturated rings. The number of halogens is 1. The summed E-state index contributed by atoms with van der Waals surface area (Å²) in [5, 5.41) is 5.98. The predicted octanol–water partition coefficient (Wildman–Crippen LogP) is 4.03. The normalized spacial score (nSPS) is 20.8. The number of rotatable bonds is 5. The third kappa shape index (κ3) is 5.06. The highest BCUT2D eigenvalue weighted by molar-refractivity contribution is 9.10. The summed E-state index contributed by atoms with van der Waals surface area (Å²) in [5.74, 6) is 0.297. The van der Waals surface area contributed by atoms with Gasteiger partial charge in [-0.2, -0.15) is 0 Å². The summed E-state index contributed by atoms with van der Waals surface area (Å²) in [6, 6.07) is 5.84. The van der Waals surface area contributed by atoms with E-state index < -0.39 is 0 Å². The molecule has 0 saturated heterocycles. The van der Waals surface area contributed by atoms with Gasteiger partial charge >= 0.3 is 0 Å². The molecule has 2 amide bonds. The van der Waals surface area contributed by atoms with E-state index in [-0.39, 0.29) is 23.7 Å². The maximum Gasteiger partial charge on any atom is 0.227 e. The molecule has 1 aromatic carbocycles. The van der Waals surface area contributed by atoms with Crippen molar-refractivity contribution in [3.05, 3.63) is 28.2 Å². The molecule has 0 heterocycles. The smallest absolute Gasteiger partial charge is 0.227 e. The fraction of sp³-hybridized carbons (Fsp3) is 0.556. The minimum atomic E-state index is 0.00766. The van der Waals surface area contributed by atoms with E-state index in [0.29, 0.717) is 0 Å². The Kier molecular flexibility index (Phi) is 6.63. The zero-order valence-corrected chi connectivity index (χ0v) is 15.4. The van der Waals surface area contributed by atoms with Gasteiger partial charge in [0, 0.05) is 28.5 Å². The van der Waals surface area contributed by atoms with Crippen molar-refractivity contribution < 1.29 is 9.59 Å². The number of aryl methyl sites for hydroxylation is 1. The van der Waals surface area contributed by atoms with Crippen LogP contribution in [0.25, 0.3) is 0 Å². The standard InChI is InChI=1S/C18H25BrN2O2/c1-3-10-20-17(22)13-4-6-14(7-5-13)18(23)21-16-9-8-15(19)11-12(16)2/h8-9,11,13-14H,3-7,10H2,1-2H3,(H,20,22)(H,21,23). The van der Waals surface area contributed by atoms with Crippen LogP contribution in [0.1, 0.15) is 44.6 Å². The molecule has 1 aliphatic carbocycles. The SMILES string of the molecule is CCCNC(=O)C1CCC(C(=O)Nc2ccc(Br)cc2C)CC1. The molecule has 0 aliphatic heterocycles. The first-order chi connectivity index (χ1) is 11.0. The van der Waals surface area contributed by atoms with Gasteiger partial charge in [-0.15, -0.1) is 0 Å². The Morgan fingerprint density at radius 3 is 2.30 bits per heavy atom. The first-order valence-electron chi connectivity index (χ1n) is 8.36. The Hall–Kier alpha value is -1.36. The van der Waals surface area contributed by atoms with E-state index in [9.17, 15) is 9.59 Å². The molecule has 1 aromatic rings. The van der Waals surface area contributed by atoms with E-state index in [2.05, 4.69) is 26.6 Å². The minimum absolute atomic E-state index is 0.00766. The summed E-state index contributed by atoms with van der Waals surface area (Å²) >= 11 is 3.43. The van der Waals surface area contributed by atoms with Gasteiger partial charge in [-0.05, 0) is 62.8 Å². The van der Waals surface area contributed by atoms with Crippen LogP contribution in [0.4, 0.5) is 5.69 Å². The summed E-state index contributed by atoms with van der Waals surface area (Å²) in [5.41, 5.74) is 1.90. The second-order valence-electron chi connectivity index (χ2n) is 6.29. The van der Waals surface area contributed by atoms with Crippen molar-refractivity contribution >= 4 is 33.4 Å². The Bertz CT molecular complexity index is 566. The van der Waals surface area contributed by atoms with Gasteiger partial charge in [0.1, 0.15) is 0 Å². The number of amides is 2. The Balaban J connectivity index is 1.85. The number of benzene rings is 1. The molecule has 2 rings (SSSR count). The van der Waals surface area contributed by atoms with Gasteiger partial charge in [0.2, 0.25) is 11.8 Å². The number of carbonyl (C=O) groups excluding carboxylic acids is 2. The highest BCUT2D eigenvalue weighted by Gasteiger charge is 2.29. The molecule has 0 spiro atoms. The van der Waals surface area contributed by atoms with Crippen LogP contribution < -0.4 is 10.6 Å². The van der Waals surface area contributed by atoms with E-state index in [1.165, 1.54) is 0 Å². The lowest BCUT2D eigenvalue weighted by Crippen LogP contribution is -2.35. The minimum Gasteiger partial charge on any atom is -0.356 e. The van der Waals surface area contributed by atoms with Crippen LogP contribution in [0, 0.1) is 18.8 Å². The lowest BCUT2D eigenvalue weighted by Gasteiger charge is -2.27. The first kappa shape index (κ1) is 18.0. The third-order valence-electron chi connectivity index (χ3n) is 4.46. The molecule has 0 radical (unpaired) electrons. The van der Waals surface area contributed by atoms with Gasteiger partial charge in [-0.1, -0.05) is 22.9 Å². The average Bonchev–Trinajstić information content (AvgIpc) is 2.55. The van der Waals surface area contributed by atoms with Gasteiger partial charge in [0.05, 0.1) is 0 Å². The molecule has 1 saturated carbocycles. The molecule has 23 heavy (non-hydrogen) atoms. The molecule has 0 unspecified atom stereocenters. The van der Waals surface area contributed by atoms with Crippen LogP contribution in [0.5, 0.6) is 0 Å². The number of hydrogen-bond acceptors (Lipinski definition) is 2. The van der Waals surface area contributed by atoms with Crippen LogP contribution in [0.2, 0.25) is 0 Å². The topological polar surface area (TPSA) is 58.2 Å². The molecule has 2 N–H and O–H groups in total. The lowest BCUT2D eigenvalue weighted by atomic mass is 9.81. The predicted molar refractivity (Wildman–Crippen MR) is 96.3 cm³/mol. The zero-order valence-electron chi connectivity index (χ0n) is 13.8. The van der Waals surface area contributed by atoms with E-state index in [1.807, 2.05) is 32.0 Å². The lowest BCUT2D eigenvalue weighted by molar-refractivity contribution is -0.128. The van der Waals surface area contributed by atoms with Crippen LogP contribution in [0.3, 0.4) is 0 Å². The van der Waals surface area contributed by atoms with Crippen molar-refractivity contribution in [2.75, 3.05) is 11.9 Å².